The fourth-order valence-corrected chi connectivity index (χ4v) is 3.93. The van der Waals surface area contributed by atoms with Crippen molar-refractivity contribution in [1.29, 1.82) is 0 Å². The summed E-state index contributed by atoms with van der Waals surface area (Å²) in [5, 5.41) is 42.1. The Kier molecular flexibility index (Phi) is 7.48. The van der Waals surface area contributed by atoms with Crippen molar-refractivity contribution in [2.75, 3.05) is 10.0 Å². The average Bonchev–Trinajstić information content (AvgIpc) is 2.91. The van der Waals surface area contributed by atoms with E-state index in [1.54, 1.807) is 12.1 Å². The van der Waals surface area contributed by atoms with Crippen molar-refractivity contribution < 1.29 is 30.0 Å². The van der Waals surface area contributed by atoms with Gasteiger partial charge in [0.2, 0.25) is 0 Å². The van der Waals surface area contributed by atoms with E-state index in [2.05, 4.69) is 0 Å². The zero-order valence-corrected chi connectivity index (χ0v) is 20.9. The van der Waals surface area contributed by atoms with Crippen molar-refractivity contribution >= 4 is 45.5 Å². The van der Waals surface area contributed by atoms with E-state index in [1.165, 1.54) is 58.8 Å². The lowest BCUT2D eigenvalue weighted by Crippen LogP contribution is -2.25. The van der Waals surface area contributed by atoms with Gasteiger partial charge in [-0.2, -0.15) is 0 Å². The maximum absolute atomic E-state index is 11.1. The summed E-state index contributed by atoms with van der Waals surface area (Å²) in [4.78, 5) is 22.2. The van der Waals surface area contributed by atoms with Gasteiger partial charge in [0.1, 0.15) is 22.6 Å². The number of nitrogens with zero attached hydrogens (tertiary/aromatic N) is 2. The van der Waals surface area contributed by atoms with Crippen molar-refractivity contribution in [3.63, 3.8) is 0 Å². The third-order valence-corrected chi connectivity index (χ3v) is 6.08. The summed E-state index contributed by atoms with van der Waals surface area (Å²) in [7, 11) is 0. The largest absolute Gasteiger partial charge is 0.507 e. The van der Waals surface area contributed by atoms with Crippen LogP contribution < -0.4 is 33.2 Å². The second-order valence-electron chi connectivity index (χ2n) is 8.77. The predicted octanol–water partition coefficient (Wildman–Crippen LogP) is 2.92. The third kappa shape index (κ3) is 5.72. The van der Waals surface area contributed by atoms with Crippen LogP contribution in [0.15, 0.2) is 85.2 Å². The molecule has 0 saturated heterocycles. The summed E-state index contributed by atoms with van der Waals surface area (Å²) in [6.45, 7) is 0. The number of carbonyl (C=O) groups is 2. The number of nitrogens with two attached hydrogens (primary N) is 4. The lowest BCUT2D eigenvalue weighted by molar-refractivity contribution is 0.0682. The molecular weight excluding hydrogens is 516 g/mol. The highest BCUT2D eigenvalue weighted by Crippen LogP contribution is 2.27. The molecule has 0 aliphatic heterocycles. The van der Waals surface area contributed by atoms with E-state index < -0.39 is 23.4 Å². The second-order valence-corrected chi connectivity index (χ2v) is 8.77. The number of aromatic carboxylic acids is 2. The topological polar surface area (TPSA) is 226 Å². The highest BCUT2D eigenvalue weighted by Gasteiger charge is 2.13. The molecule has 0 bridgehead atoms. The average molecular weight is 543 g/mol. The monoisotopic (exact) mass is 542 g/mol. The first-order valence-electron chi connectivity index (χ1n) is 11.6. The summed E-state index contributed by atoms with van der Waals surface area (Å²) in [5.41, 5.74) is 14.6. The first-order valence-corrected chi connectivity index (χ1v) is 11.6. The first kappa shape index (κ1) is 27.3. The number of hydrogen-bond donors (Lipinski definition) is 8. The number of aromatic hydroxyl groups is 2. The predicted molar refractivity (Wildman–Crippen MR) is 152 cm³/mol. The maximum Gasteiger partial charge on any atom is 0.339 e. The molecule has 4 aromatic carbocycles. The fraction of sp³-hybridized carbons (Fsp3) is 0. The molecule has 204 valence electrons. The van der Waals surface area contributed by atoms with Crippen molar-refractivity contribution in [2.24, 2.45) is 23.2 Å². The zero-order valence-electron chi connectivity index (χ0n) is 20.9. The minimum Gasteiger partial charge on any atom is -0.507 e. The van der Waals surface area contributed by atoms with Crippen LogP contribution in [-0.2, 0) is 0 Å². The molecule has 0 aliphatic carbocycles. The number of phenols is 2. The Labute approximate surface area is 227 Å². The lowest BCUT2D eigenvalue weighted by Gasteiger charge is -2.17. The Morgan fingerprint density at radius 1 is 0.600 bits per heavy atom. The van der Waals surface area contributed by atoms with Gasteiger partial charge in [0.15, 0.2) is 0 Å². The van der Waals surface area contributed by atoms with Crippen LogP contribution in [0.3, 0.4) is 0 Å². The molecule has 12 heteroatoms. The second kappa shape index (κ2) is 10.9. The molecule has 12 N–H and O–H groups in total. The Morgan fingerprint density at radius 2 is 1.00 bits per heavy atom. The summed E-state index contributed by atoms with van der Waals surface area (Å²) in [6.07, 6.45) is 2.87. The Balaban J connectivity index is 1.59. The van der Waals surface area contributed by atoms with Crippen LogP contribution in [0.25, 0.3) is 22.2 Å². The first-order chi connectivity index (χ1) is 18.9. The maximum atomic E-state index is 11.1. The van der Waals surface area contributed by atoms with Crippen molar-refractivity contribution in [1.82, 2.24) is 0 Å². The van der Waals surface area contributed by atoms with Crippen LogP contribution in [0, 0.1) is 0 Å². The van der Waals surface area contributed by atoms with Gasteiger partial charge in [0.25, 0.3) is 0 Å². The molecular formula is C28H26N6O6. The molecule has 0 radical (unpaired) electrons. The quantitative estimate of drug-likeness (QED) is 0.119. The highest BCUT2D eigenvalue weighted by atomic mass is 16.4. The van der Waals surface area contributed by atoms with Crippen LogP contribution in [0.1, 0.15) is 31.8 Å². The van der Waals surface area contributed by atoms with Gasteiger partial charge in [-0.3, -0.25) is 10.0 Å². The normalized spacial score (nSPS) is 11.8. The van der Waals surface area contributed by atoms with E-state index in [9.17, 15) is 19.8 Å². The Bertz CT molecular complexity index is 1580. The number of benzene rings is 4. The Hall–Kier alpha value is -5.72. The van der Waals surface area contributed by atoms with E-state index in [1.807, 2.05) is 24.3 Å². The van der Waals surface area contributed by atoms with E-state index >= 15 is 0 Å². The number of carboxylic acid groups (broad SMARTS) is 2. The van der Waals surface area contributed by atoms with Gasteiger partial charge in [0.05, 0.1) is 22.8 Å². The minimum absolute atomic E-state index is 0.250. The molecule has 4 rings (SSSR count). The molecule has 0 aromatic heterocycles. The standard InChI is InChI=1S/C28H26N6O6/c29-23(13-33(31)19-5-7-21(27(37)38)25(35)11-19)16-3-1-15-2-4-17(10-18(15)9-16)24(30)14-34(32)20-6-8-22(28(39)40)26(36)12-20/h1-14,35-36H,29-32H2,(H,37,38)(H,39,40)/b23-13-,24-14-. The van der Waals surface area contributed by atoms with E-state index in [0.717, 1.165) is 10.8 Å². The van der Waals surface area contributed by atoms with Gasteiger partial charge in [-0.15, -0.1) is 0 Å². The van der Waals surface area contributed by atoms with E-state index in [0.29, 0.717) is 33.9 Å². The molecule has 0 unspecified atom stereocenters. The molecule has 0 heterocycles. The van der Waals surface area contributed by atoms with Crippen LogP contribution in [-0.4, -0.2) is 32.4 Å². The van der Waals surface area contributed by atoms with Gasteiger partial charge in [-0.05, 0) is 58.3 Å². The smallest absolute Gasteiger partial charge is 0.339 e. The lowest BCUT2D eigenvalue weighted by atomic mass is 10.0. The Morgan fingerprint density at radius 3 is 1.35 bits per heavy atom. The number of carboxylic acids is 2. The number of fused-ring (bicyclic) bond motifs is 1. The molecule has 0 saturated carbocycles. The van der Waals surface area contributed by atoms with E-state index in [4.69, 9.17) is 33.4 Å². The molecule has 12 nitrogen and oxygen atoms in total. The van der Waals surface area contributed by atoms with Crippen LogP contribution in [0.4, 0.5) is 11.4 Å². The summed E-state index contributed by atoms with van der Waals surface area (Å²) in [6, 6.07) is 18.8. The van der Waals surface area contributed by atoms with Gasteiger partial charge >= 0.3 is 11.9 Å². The van der Waals surface area contributed by atoms with Crippen LogP contribution >= 0.6 is 0 Å². The van der Waals surface area contributed by atoms with Crippen molar-refractivity contribution in [3.8, 4) is 11.5 Å². The number of hydrazine groups is 2. The highest BCUT2D eigenvalue weighted by molar-refractivity contribution is 5.92. The molecule has 4 aromatic rings. The summed E-state index contributed by atoms with van der Waals surface area (Å²) < 4.78 is 0. The van der Waals surface area contributed by atoms with Crippen LogP contribution in [0.5, 0.6) is 11.5 Å². The van der Waals surface area contributed by atoms with Gasteiger partial charge in [0, 0.05) is 24.5 Å². The SMILES string of the molecule is N/C(=C\N(N)c1ccc(C(=O)O)c(O)c1)c1ccc2ccc(/C(N)=C/N(N)c3ccc(C(=O)O)c(O)c3)cc2c1. The zero-order chi connectivity index (χ0) is 29.1. The van der Waals surface area contributed by atoms with Gasteiger partial charge < -0.3 is 31.9 Å². The molecule has 0 spiro atoms. The van der Waals surface area contributed by atoms with Crippen molar-refractivity contribution in [2.45, 2.75) is 0 Å². The number of hydrogen-bond acceptors (Lipinski definition) is 10. The van der Waals surface area contributed by atoms with Gasteiger partial charge in [-0.25, -0.2) is 21.3 Å². The molecule has 0 aliphatic rings. The number of anilines is 2. The van der Waals surface area contributed by atoms with Gasteiger partial charge in [-0.1, -0.05) is 24.3 Å². The van der Waals surface area contributed by atoms with E-state index in [-0.39, 0.29) is 11.1 Å². The molecule has 40 heavy (non-hydrogen) atoms. The molecule has 0 fully saturated rings. The summed E-state index contributed by atoms with van der Waals surface area (Å²) in [5.74, 6) is 8.75. The minimum atomic E-state index is -1.26. The number of rotatable bonds is 8. The summed E-state index contributed by atoms with van der Waals surface area (Å²) >= 11 is 0. The van der Waals surface area contributed by atoms with Crippen molar-refractivity contribution in [3.05, 3.63) is 107 Å². The fourth-order valence-electron chi connectivity index (χ4n) is 3.93. The molecule has 0 amide bonds. The van der Waals surface area contributed by atoms with Crippen LogP contribution in [0.2, 0.25) is 0 Å². The third-order valence-electron chi connectivity index (χ3n) is 6.08. The molecule has 0 atom stereocenters.